The third-order valence-electron chi connectivity index (χ3n) is 1.79. The van der Waals surface area contributed by atoms with Crippen LogP contribution >= 0.6 is 23.2 Å². The van der Waals surface area contributed by atoms with Crippen molar-refractivity contribution in [1.29, 1.82) is 0 Å². The zero-order valence-corrected chi connectivity index (χ0v) is 8.93. The molecule has 1 aromatic carbocycles. The van der Waals surface area contributed by atoms with Gasteiger partial charge in [0.05, 0.1) is 16.1 Å². The van der Waals surface area contributed by atoms with Crippen LogP contribution in [0.15, 0.2) is 18.2 Å². The van der Waals surface area contributed by atoms with Gasteiger partial charge in [0.2, 0.25) is 0 Å². The largest absolute Gasteiger partial charge is 0.465 e. The van der Waals surface area contributed by atoms with Crippen molar-refractivity contribution in [3.05, 3.63) is 33.8 Å². The van der Waals surface area contributed by atoms with Crippen LogP contribution in [0.1, 0.15) is 18.5 Å². The molecule has 1 unspecified atom stereocenters. The molecule has 1 amide bonds. The van der Waals surface area contributed by atoms with E-state index in [1.807, 2.05) is 0 Å². The molecule has 5 heteroatoms. The van der Waals surface area contributed by atoms with Gasteiger partial charge in [-0.1, -0.05) is 35.3 Å². The van der Waals surface area contributed by atoms with Crippen LogP contribution in [0.4, 0.5) is 4.79 Å². The first kappa shape index (κ1) is 11.1. The van der Waals surface area contributed by atoms with Gasteiger partial charge in [-0.2, -0.15) is 0 Å². The van der Waals surface area contributed by atoms with Gasteiger partial charge in [0.1, 0.15) is 0 Å². The molecule has 1 rings (SSSR count). The fourth-order valence-electron chi connectivity index (χ4n) is 1.12. The monoisotopic (exact) mass is 233 g/mol. The number of hydrogen-bond acceptors (Lipinski definition) is 1. The van der Waals surface area contributed by atoms with E-state index in [0.717, 1.165) is 0 Å². The molecule has 1 atom stereocenters. The van der Waals surface area contributed by atoms with E-state index in [2.05, 4.69) is 5.32 Å². The molecule has 0 aliphatic rings. The van der Waals surface area contributed by atoms with Crippen molar-refractivity contribution in [2.45, 2.75) is 13.0 Å². The average Bonchev–Trinajstić information content (AvgIpc) is 2.08. The van der Waals surface area contributed by atoms with Gasteiger partial charge in [0, 0.05) is 0 Å². The summed E-state index contributed by atoms with van der Waals surface area (Å²) in [6, 6.07) is 4.73. The Bertz CT molecular complexity index is 355. The molecule has 0 aromatic heterocycles. The minimum atomic E-state index is -1.09. The van der Waals surface area contributed by atoms with Gasteiger partial charge in [-0.25, -0.2) is 4.79 Å². The van der Waals surface area contributed by atoms with Crippen molar-refractivity contribution in [2.75, 3.05) is 0 Å². The zero-order chi connectivity index (χ0) is 10.7. The summed E-state index contributed by atoms with van der Waals surface area (Å²) >= 11 is 11.7. The summed E-state index contributed by atoms with van der Waals surface area (Å²) in [6.07, 6.45) is -1.09. The van der Waals surface area contributed by atoms with Crippen molar-refractivity contribution in [3.8, 4) is 0 Å². The van der Waals surface area contributed by atoms with E-state index < -0.39 is 6.09 Å². The van der Waals surface area contributed by atoms with Gasteiger partial charge >= 0.3 is 6.09 Å². The smallest absolute Gasteiger partial charge is 0.405 e. The SMILES string of the molecule is CC(NC(=O)O)c1cccc(Cl)c1Cl. The Kier molecular flexibility index (Phi) is 3.61. The molecule has 0 spiro atoms. The number of rotatable bonds is 2. The molecule has 1 aromatic rings. The van der Waals surface area contributed by atoms with E-state index in [1.165, 1.54) is 0 Å². The molecule has 0 saturated heterocycles. The molecule has 0 aliphatic heterocycles. The predicted octanol–water partition coefficient (Wildman–Crippen LogP) is 3.32. The number of benzene rings is 1. The minimum Gasteiger partial charge on any atom is -0.465 e. The fourth-order valence-corrected chi connectivity index (χ4v) is 1.59. The lowest BCUT2D eigenvalue weighted by Crippen LogP contribution is -2.24. The van der Waals surface area contributed by atoms with Crippen LogP contribution in [-0.4, -0.2) is 11.2 Å². The van der Waals surface area contributed by atoms with E-state index >= 15 is 0 Å². The zero-order valence-electron chi connectivity index (χ0n) is 7.42. The first-order chi connectivity index (χ1) is 6.52. The van der Waals surface area contributed by atoms with Crippen molar-refractivity contribution in [3.63, 3.8) is 0 Å². The molecular formula is C9H9Cl2NO2. The molecule has 0 bridgehead atoms. The Morgan fingerprint density at radius 3 is 2.71 bits per heavy atom. The van der Waals surface area contributed by atoms with Crippen LogP contribution in [0.3, 0.4) is 0 Å². The maximum absolute atomic E-state index is 10.4. The standard InChI is InChI=1S/C9H9Cl2NO2/c1-5(12-9(13)14)6-3-2-4-7(10)8(6)11/h2-5,12H,1H3,(H,13,14). The summed E-state index contributed by atoms with van der Waals surface area (Å²) in [4.78, 5) is 10.4. The Morgan fingerprint density at radius 2 is 2.14 bits per heavy atom. The van der Waals surface area contributed by atoms with Crippen LogP contribution in [0.25, 0.3) is 0 Å². The number of carbonyl (C=O) groups is 1. The highest BCUT2D eigenvalue weighted by molar-refractivity contribution is 6.42. The second-order valence-corrected chi connectivity index (χ2v) is 3.60. The molecule has 0 radical (unpaired) electrons. The first-order valence-corrected chi connectivity index (χ1v) is 4.71. The summed E-state index contributed by atoms with van der Waals surface area (Å²) in [5, 5.41) is 11.6. The number of nitrogens with one attached hydrogen (secondary N) is 1. The summed E-state index contributed by atoms with van der Waals surface area (Å²) in [5.74, 6) is 0. The highest BCUT2D eigenvalue weighted by atomic mass is 35.5. The van der Waals surface area contributed by atoms with Crippen LogP contribution in [0.5, 0.6) is 0 Å². The quantitative estimate of drug-likeness (QED) is 0.824. The predicted molar refractivity (Wildman–Crippen MR) is 56.0 cm³/mol. The maximum Gasteiger partial charge on any atom is 0.405 e. The Labute approximate surface area is 91.6 Å². The third kappa shape index (κ3) is 2.53. The van der Waals surface area contributed by atoms with Gasteiger partial charge in [0.25, 0.3) is 0 Å². The topological polar surface area (TPSA) is 49.3 Å². The van der Waals surface area contributed by atoms with Gasteiger partial charge in [-0.3, -0.25) is 0 Å². The minimum absolute atomic E-state index is 0.376. The lowest BCUT2D eigenvalue weighted by molar-refractivity contribution is 0.191. The fraction of sp³-hybridized carbons (Fsp3) is 0.222. The van der Waals surface area contributed by atoms with Crippen LogP contribution < -0.4 is 5.32 Å². The first-order valence-electron chi connectivity index (χ1n) is 3.95. The highest BCUT2D eigenvalue weighted by Crippen LogP contribution is 2.29. The molecule has 0 heterocycles. The van der Waals surface area contributed by atoms with Gasteiger partial charge < -0.3 is 10.4 Å². The van der Waals surface area contributed by atoms with E-state index in [1.54, 1.807) is 25.1 Å². The molecule has 14 heavy (non-hydrogen) atoms. The second kappa shape index (κ2) is 4.53. The Morgan fingerprint density at radius 1 is 1.50 bits per heavy atom. The molecule has 0 aliphatic carbocycles. The average molecular weight is 234 g/mol. The molecule has 0 fully saturated rings. The summed E-state index contributed by atoms with van der Waals surface area (Å²) in [7, 11) is 0. The summed E-state index contributed by atoms with van der Waals surface area (Å²) in [5.41, 5.74) is 0.668. The van der Waals surface area contributed by atoms with Crippen molar-refractivity contribution >= 4 is 29.3 Å². The van der Waals surface area contributed by atoms with Crippen molar-refractivity contribution < 1.29 is 9.90 Å². The summed E-state index contributed by atoms with van der Waals surface area (Å²) < 4.78 is 0. The molecule has 76 valence electrons. The molecule has 0 saturated carbocycles. The molecular weight excluding hydrogens is 225 g/mol. The van der Waals surface area contributed by atoms with E-state index in [9.17, 15) is 4.79 Å². The Hall–Kier alpha value is -0.930. The lowest BCUT2D eigenvalue weighted by Gasteiger charge is -2.13. The highest BCUT2D eigenvalue weighted by Gasteiger charge is 2.12. The van der Waals surface area contributed by atoms with Crippen LogP contribution in [0, 0.1) is 0 Å². The lowest BCUT2D eigenvalue weighted by atomic mass is 10.1. The van der Waals surface area contributed by atoms with Gasteiger partial charge in [-0.05, 0) is 18.6 Å². The maximum atomic E-state index is 10.4. The third-order valence-corrected chi connectivity index (χ3v) is 2.62. The number of amides is 1. The molecule has 3 nitrogen and oxygen atoms in total. The number of carboxylic acid groups (broad SMARTS) is 1. The van der Waals surface area contributed by atoms with Gasteiger partial charge in [-0.15, -0.1) is 0 Å². The summed E-state index contributed by atoms with van der Waals surface area (Å²) in [6.45, 7) is 1.70. The van der Waals surface area contributed by atoms with Gasteiger partial charge in [0.15, 0.2) is 0 Å². The van der Waals surface area contributed by atoms with E-state index in [4.69, 9.17) is 28.3 Å². The molecule has 2 N–H and O–H groups in total. The second-order valence-electron chi connectivity index (χ2n) is 2.81. The van der Waals surface area contributed by atoms with E-state index in [0.29, 0.717) is 15.6 Å². The van der Waals surface area contributed by atoms with Crippen LogP contribution in [0.2, 0.25) is 10.0 Å². The van der Waals surface area contributed by atoms with Crippen LogP contribution in [-0.2, 0) is 0 Å². The van der Waals surface area contributed by atoms with Crippen molar-refractivity contribution in [1.82, 2.24) is 5.32 Å². The normalized spacial score (nSPS) is 12.2. The van der Waals surface area contributed by atoms with E-state index in [-0.39, 0.29) is 6.04 Å². The number of hydrogen-bond donors (Lipinski definition) is 2. The number of halogens is 2. The van der Waals surface area contributed by atoms with Crippen molar-refractivity contribution in [2.24, 2.45) is 0 Å². The Balaban J connectivity index is 2.95.